The highest BCUT2D eigenvalue weighted by molar-refractivity contribution is 6.95. The van der Waals surface area contributed by atoms with Crippen LogP contribution in [0, 0.1) is 0 Å². The van der Waals surface area contributed by atoms with E-state index in [0.29, 0.717) is 0 Å². The Morgan fingerprint density at radius 1 is 1.60 bits per heavy atom. The van der Waals surface area contributed by atoms with Gasteiger partial charge in [-0.1, -0.05) is 0 Å². The summed E-state index contributed by atoms with van der Waals surface area (Å²) < 4.78 is 0.0741. The van der Waals surface area contributed by atoms with E-state index in [-0.39, 0.29) is 4.63 Å². The summed E-state index contributed by atoms with van der Waals surface area (Å²) in [5.74, 6) is 0. The molecular formula is C2H3Cl2N. The van der Waals surface area contributed by atoms with Crippen molar-refractivity contribution in [2.75, 3.05) is 7.05 Å². The molecule has 0 heterocycles. The smallest absolute Gasteiger partial charge is 0.191 e. The lowest BCUT2D eigenvalue weighted by molar-refractivity contribution is 1.48. The van der Waals surface area contributed by atoms with Crippen LogP contribution in [0.5, 0.6) is 0 Å². The Kier molecular flexibility index (Phi) is 2.61. The third kappa shape index (κ3) is 4.25. The van der Waals surface area contributed by atoms with E-state index in [4.69, 9.17) is 23.2 Å². The van der Waals surface area contributed by atoms with Gasteiger partial charge in [0.1, 0.15) is 0 Å². The molecule has 3 heteroatoms. The molecule has 0 radical (unpaired) electrons. The second-order valence-electron chi connectivity index (χ2n) is 0.464. The maximum Gasteiger partial charge on any atom is 0.191 e. The van der Waals surface area contributed by atoms with Gasteiger partial charge in [0, 0.05) is 7.05 Å². The van der Waals surface area contributed by atoms with Crippen molar-refractivity contribution in [3.63, 3.8) is 0 Å². The van der Waals surface area contributed by atoms with Gasteiger partial charge >= 0.3 is 0 Å². The molecule has 0 spiro atoms. The SMILES string of the molecule is CN=C(Cl)Cl. The Balaban J connectivity index is 3.14. The molecule has 0 aromatic rings. The Labute approximate surface area is 40.6 Å². The molecule has 0 aromatic heterocycles. The zero-order chi connectivity index (χ0) is 4.28. The first kappa shape index (κ1) is 5.25. The van der Waals surface area contributed by atoms with E-state index in [9.17, 15) is 0 Å². The van der Waals surface area contributed by atoms with Crippen LogP contribution < -0.4 is 0 Å². The van der Waals surface area contributed by atoms with Crippen molar-refractivity contribution in [2.45, 2.75) is 0 Å². The molecule has 0 fully saturated rings. The number of rotatable bonds is 0. The lowest BCUT2D eigenvalue weighted by Crippen LogP contribution is -1.61. The van der Waals surface area contributed by atoms with Crippen LogP contribution in [0.4, 0.5) is 0 Å². The molecule has 0 aliphatic rings. The Morgan fingerprint density at radius 2 is 1.80 bits per heavy atom. The van der Waals surface area contributed by atoms with E-state index in [1.807, 2.05) is 0 Å². The predicted octanol–water partition coefficient (Wildman–Crippen LogP) is 1.45. The largest absolute Gasteiger partial charge is 0.266 e. The third-order valence-corrected chi connectivity index (χ3v) is 0.507. The van der Waals surface area contributed by atoms with E-state index >= 15 is 0 Å². The molecule has 0 aliphatic carbocycles. The number of halogens is 2. The van der Waals surface area contributed by atoms with Crippen LogP contribution in [0.15, 0.2) is 4.99 Å². The normalized spacial score (nSPS) is 7.00. The van der Waals surface area contributed by atoms with Crippen molar-refractivity contribution in [1.82, 2.24) is 0 Å². The number of hydrogen-bond donors (Lipinski definition) is 0. The van der Waals surface area contributed by atoms with E-state index in [0.717, 1.165) is 0 Å². The highest BCUT2D eigenvalue weighted by atomic mass is 35.5. The van der Waals surface area contributed by atoms with Crippen molar-refractivity contribution in [2.24, 2.45) is 4.99 Å². The standard InChI is InChI=1S/C2H3Cl2N/c1-5-2(3)4/h1H3. The Hall–Kier alpha value is 0.250. The lowest BCUT2D eigenvalue weighted by atomic mass is 11.4. The fourth-order valence-electron chi connectivity index (χ4n) is 0. The minimum absolute atomic E-state index is 0.0741. The number of nitrogens with zero attached hydrogens (tertiary/aromatic N) is 1. The van der Waals surface area contributed by atoms with Gasteiger partial charge in [0.25, 0.3) is 0 Å². The highest BCUT2D eigenvalue weighted by Gasteiger charge is 1.70. The third-order valence-electron chi connectivity index (χ3n) is 0.169. The van der Waals surface area contributed by atoms with E-state index in [1.165, 1.54) is 7.05 Å². The van der Waals surface area contributed by atoms with Gasteiger partial charge < -0.3 is 0 Å². The molecule has 0 atom stereocenters. The molecule has 0 aliphatic heterocycles. The summed E-state index contributed by atoms with van der Waals surface area (Å²) >= 11 is 9.96. The summed E-state index contributed by atoms with van der Waals surface area (Å²) in [6.07, 6.45) is 0. The molecule has 1 nitrogen and oxygen atoms in total. The maximum absolute atomic E-state index is 4.98. The van der Waals surface area contributed by atoms with E-state index in [1.54, 1.807) is 0 Å². The van der Waals surface area contributed by atoms with Crippen LogP contribution >= 0.6 is 23.2 Å². The maximum atomic E-state index is 4.98. The van der Waals surface area contributed by atoms with Crippen molar-refractivity contribution < 1.29 is 0 Å². The molecule has 5 heavy (non-hydrogen) atoms. The van der Waals surface area contributed by atoms with Gasteiger partial charge in [-0.3, -0.25) is 4.99 Å². The van der Waals surface area contributed by atoms with Crippen LogP contribution in [0.3, 0.4) is 0 Å². The molecular weight excluding hydrogens is 109 g/mol. The topological polar surface area (TPSA) is 12.4 Å². The van der Waals surface area contributed by atoms with Gasteiger partial charge in [0.2, 0.25) is 0 Å². The van der Waals surface area contributed by atoms with Crippen molar-refractivity contribution >= 4 is 27.8 Å². The molecule has 0 amide bonds. The number of aliphatic imine (C=N–C) groups is 1. The zero-order valence-corrected chi connectivity index (χ0v) is 4.22. The fourth-order valence-corrected chi connectivity index (χ4v) is 0. The fraction of sp³-hybridized carbons (Fsp3) is 0.500. The molecule has 30 valence electrons. The van der Waals surface area contributed by atoms with Gasteiger partial charge in [-0.15, -0.1) is 0 Å². The average molecular weight is 112 g/mol. The molecule has 0 aromatic carbocycles. The second kappa shape index (κ2) is 2.49. The quantitative estimate of drug-likeness (QED) is 0.420. The van der Waals surface area contributed by atoms with E-state index < -0.39 is 0 Å². The molecule has 0 unspecified atom stereocenters. The van der Waals surface area contributed by atoms with Crippen LogP contribution in [0.1, 0.15) is 0 Å². The van der Waals surface area contributed by atoms with Gasteiger partial charge in [-0.25, -0.2) is 0 Å². The molecule has 0 N–H and O–H groups in total. The van der Waals surface area contributed by atoms with Crippen LogP contribution in [0.2, 0.25) is 0 Å². The van der Waals surface area contributed by atoms with Crippen molar-refractivity contribution in [3.8, 4) is 0 Å². The summed E-state index contributed by atoms with van der Waals surface area (Å²) in [5, 5.41) is 0. The molecule has 0 rings (SSSR count). The van der Waals surface area contributed by atoms with Gasteiger partial charge in [0.15, 0.2) is 4.63 Å². The van der Waals surface area contributed by atoms with Crippen molar-refractivity contribution in [3.05, 3.63) is 0 Å². The average Bonchev–Trinajstić information content (AvgIpc) is 1.38. The van der Waals surface area contributed by atoms with Crippen molar-refractivity contribution in [1.29, 1.82) is 0 Å². The first-order chi connectivity index (χ1) is 2.27. The van der Waals surface area contributed by atoms with Crippen LogP contribution in [0.25, 0.3) is 0 Å². The molecule has 0 saturated heterocycles. The summed E-state index contributed by atoms with van der Waals surface area (Å²) in [7, 11) is 1.52. The first-order valence-corrected chi connectivity index (χ1v) is 1.80. The monoisotopic (exact) mass is 111 g/mol. The van der Waals surface area contributed by atoms with Crippen LogP contribution in [-0.4, -0.2) is 11.7 Å². The number of hydrogen-bond acceptors (Lipinski definition) is 1. The predicted molar refractivity (Wildman–Crippen MR) is 25.1 cm³/mol. The Bertz CT molecular complexity index is 45.6. The minimum Gasteiger partial charge on any atom is -0.266 e. The highest BCUT2D eigenvalue weighted by Crippen LogP contribution is 1.86. The lowest BCUT2D eigenvalue weighted by Gasteiger charge is -1.66. The molecule has 0 saturated carbocycles. The van der Waals surface area contributed by atoms with Crippen LogP contribution in [-0.2, 0) is 0 Å². The second-order valence-corrected chi connectivity index (χ2v) is 1.37. The van der Waals surface area contributed by atoms with Gasteiger partial charge in [-0.05, 0) is 23.2 Å². The summed E-state index contributed by atoms with van der Waals surface area (Å²) in [6.45, 7) is 0. The van der Waals surface area contributed by atoms with Gasteiger partial charge in [-0.2, -0.15) is 0 Å². The Morgan fingerprint density at radius 3 is 1.80 bits per heavy atom. The summed E-state index contributed by atoms with van der Waals surface area (Å²) in [4.78, 5) is 3.34. The van der Waals surface area contributed by atoms with E-state index in [2.05, 4.69) is 4.99 Å². The molecule has 0 bridgehead atoms. The van der Waals surface area contributed by atoms with Gasteiger partial charge in [0.05, 0.1) is 0 Å². The summed E-state index contributed by atoms with van der Waals surface area (Å²) in [5.41, 5.74) is 0. The summed E-state index contributed by atoms with van der Waals surface area (Å²) in [6, 6.07) is 0. The minimum atomic E-state index is 0.0741. The first-order valence-electron chi connectivity index (χ1n) is 1.05. The zero-order valence-electron chi connectivity index (χ0n) is 2.70.